The molecular weight excluding hydrogens is 1300 g/mol. The Balaban J connectivity index is 0.000000209. The van der Waals surface area contributed by atoms with E-state index in [1.165, 1.54) is 0 Å². The normalized spacial score (nSPS) is 10.8. The number of hydrogen-bond acceptors (Lipinski definition) is 12. The summed E-state index contributed by atoms with van der Waals surface area (Å²) < 4.78 is 0. The van der Waals surface area contributed by atoms with E-state index in [2.05, 4.69) is 19.9 Å². The molecule has 4 aliphatic heterocycles. The first kappa shape index (κ1) is 65.3. The molecule has 0 amide bonds. The van der Waals surface area contributed by atoms with Crippen LogP contribution in [0.3, 0.4) is 0 Å². The van der Waals surface area contributed by atoms with Gasteiger partial charge in [-0.2, -0.15) is 0 Å². The van der Waals surface area contributed by atoms with E-state index < -0.39 is 0 Å². The summed E-state index contributed by atoms with van der Waals surface area (Å²) in [7, 11) is 0. The molecule has 18 rings (SSSR count). The van der Waals surface area contributed by atoms with E-state index in [-0.39, 0.29) is 95.1 Å². The summed E-state index contributed by atoms with van der Waals surface area (Å²) in [5.74, 6) is 4.78. The van der Waals surface area contributed by atoms with Crippen LogP contribution in [-0.2, 0) is 95.1 Å². The number of hydrogen-bond donors (Lipinski definition) is 4. The molecule has 436 valence electrons. The number of aromatic amines is 4. The van der Waals surface area contributed by atoms with Crippen LogP contribution in [0.15, 0.2) is 194 Å². The molecule has 4 N–H and O–H groups in total. The molecule has 10 heterocycles. The van der Waals surface area contributed by atoms with Gasteiger partial charge in [0.1, 0.15) is 45.2 Å². The van der Waals surface area contributed by atoms with Crippen LogP contribution in [0.1, 0.15) is 0 Å². The molecule has 0 spiro atoms. The molecule has 25 heteroatoms. The van der Waals surface area contributed by atoms with Crippen molar-refractivity contribution in [1.82, 2.24) is 79.7 Å². The number of nitrogens with one attached hydrogen (secondary N) is 4. The summed E-state index contributed by atoms with van der Waals surface area (Å²) in [6, 6.07) is 64.5. The van der Waals surface area contributed by atoms with Crippen LogP contribution in [0.25, 0.3) is 179 Å². The number of aromatic nitrogens is 16. The average molecular weight is 1340 g/mol. The van der Waals surface area contributed by atoms with Gasteiger partial charge in [-0.05, 0) is 0 Å². The van der Waals surface area contributed by atoms with Crippen molar-refractivity contribution in [3.05, 3.63) is 194 Å². The Morgan fingerprint density at radius 3 is 0.404 bits per heavy atom. The SMILES string of the molecule is [Co+2].[Co+2].[Fe+3].[Fe+3].[O-2].[O-2].[O-2].[O-2].[O-2].c1ccc2c(c1)-c1nc-2nc2[nH]c(nc3nc(nc4[nH]c(n1)c1ccccc41)-c1ccccc1-3)c1ccccc21.c1ccc2c(c1)-c1nc-2nc2[nH]c(nc3nc(nc4[nH]c(n1)c1ccccc41)-c1ccccc1-3)c1ccccc21. The molecule has 0 saturated heterocycles. The molecule has 8 aromatic carbocycles. The predicted octanol–water partition coefficient (Wildman–Crippen LogP) is 13.1. The molecule has 21 nitrogen and oxygen atoms in total. The number of fused-ring (bicyclic) bond motifs is 40. The maximum atomic E-state index is 5.02. The van der Waals surface area contributed by atoms with Gasteiger partial charge in [-0.1, -0.05) is 194 Å². The van der Waals surface area contributed by atoms with Crippen LogP contribution in [-0.4, -0.2) is 79.7 Å². The molecule has 4 aliphatic rings. The first-order valence-corrected chi connectivity index (χ1v) is 26.0. The van der Waals surface area contributed by atoms with Crippen molar-refractivity contribution in [2.75, 3.05) is 0 Å². The quantitative estimate of drug-likeness (QED) is 0.103. The molecule has 16 bridgehead atoms. The second-order valence-corrected chi connectivity index (χ2v) is 19.6. The Hall–Kier alpha value is -9.67. The van der Waals surface area contributed by atoms with Crippen molar-refractivity contribution in [1.29, 1.82) is 0 Å². The first-order valence-electron chi connectivity index (χ1n) is 26.0. The van der Waals surface area contributed by atoms with Crippen LogP contribution >= 0.6 is 0 Å². The Kier molecular flexibility index (Phi) is 19.0. The first-order chi connectivity index (χ1) is 39.6. The van der Waals surface area contributed by atoms with Gasteiger partial charge in [0.05, 0.1) is 0 Å². The molecule has 0 atom stereocenters. The Morgan fingerprint density at radius 1 is 0.169 bits per heavy atom. The van der Waals surface area contributed by atoms with Crippen molar-refractivity contribution in [2.24, 2.45) is 0 Å². The van der Waals surface area contributed by atoms with E-state index >= 15 is 0 Å². The average Bonchev–Trinajstić information content (AvgIpc) is 1.64. The molecular formula is C64H36Co2Fe2N16O5. The zero-order valence-corrected chi connectivity index (χ0v) is 49.5. The smallest absolute Gasteiger partial charge is 2.00 e. The summed E-state index contributed by atoms with van der Waals surface area (Å²) >= 11 is 0. The number of H-pyrrole nitrogens is 4. The van der Waals surface area contributed by atoms with Gasteiger partial charge in [0.15, 0.2) is 46.6 Å². The zero-order valence-electron chi connectivity index (χ0n) is 45.3. The van der Waals surface area contributed by atoms with Crippen LogP contribution in [0, 0.1) is 0 Å². The van der Waals surface area contributed by atoms with Gasteiger partial charge in [0.25, 0.3) is 0 Å². The fourth-order valence-corrected chi connectivity index (χ4v) is 11.2. The van der Waals surface area contributed by atoms with Crippen LogP contribution in [0.5, 0.6) is 0 Å². The second-order valence-electron chi connectivity index (χ2n) is 19.6. The van der Waals surface area contributed by atoms with Crippen LogP contribution < -0.4 is 0 Å². The fourth-order valence-electron chi connectivity index (χ4n) is 11.2. The largest absolute Gasteiger partial charge is 3.00 e. The summed E-state index contributed by atoms with van der Waals surface area (Å²) in [6.07, 6.45) is 0. The monoisotopic (exact) mass is 1340 g/mol. The van der Waals surface area contributed by atoms with Crippen molar-refractivity contribution >= 4 is 88.3 Å². The third-order valence-corrected chi connectivity index (χ3v) is 14.9. The maximum Gasteiger partial charge on any atom is 3.00 e. The Morgan fingerprint density at radius 2 is 0.281 bits per heavy atom. The summed E-state index contributed by atoms with van der Waals surface area (Å²) in [6.45, 7) is 0. The zero-order chi connectivity index (χ0) is 52.4. The van der Waals surface area contributed by atoms with Gasteiger partial charge >= 0.3 is 67.7 Å². The van der Waals surface area contributed by atoms with Gasteiger partial charge in [-0.25, -0.2) is 59.8 Å². The second kappa shape index (κ2) is 26.0. The van der Waals surface area contributed by atoms with Gasteiger partial charge in [0, 0.05) is 87.6 Å². The van der Waals surface area contributed by atoms with Crippen LogP contribution in [0.4, 0.5) is 0 Å². The van der Waals surface area contributed by atoms with E-state index in [0.717, 1.165) is 87.6 Å². The minimum absolute atomic E-state index is 0. The molecule has 6 aromatic heterocycles. The molecule has 14 aromatic rings. The van der Waals surface area contributed by atoms with Crippen molar-refractivity contribution in [3.8, 4) is 91.1 Å². The number of nitrogens with zero attached hydrogens (tertiary/aromatic N) is 12. The summed E-state index contributed by atoms with van der Waals surface area (Å²) in [4.78, 5) is 73.5. The topological polar surface area (TPSA) is 360 Å². The van der Waals surface area contributed by atoms with E-state index in [1.807, 2.05) is 194 Å². The molecule has 0 aliphatic carbocycles. The Bertz CT molecular complexity index is 4440. The minimum atomic E-state index is 0. The Labute approximate surface area is 544 Å². The third-order valence-electron chi connectivity index (χ3n) is 14.9. The van der Waals surface area contributed by atoms with Crippen molar-refractivity contribution < 1.29 is 95.1 Å². The fraction of sp³-hybridized carbons (Fsp3) is 0. The molecule has 4 radical (unpaired) electrons. The van der Waals surface area contributed by atoms with Crippen LogP contribution in [0.2, 0.25) is 0 Å². The van der Waals surface area contributed by atoms with E-state index in [1.54, 1.807) is 0 Å². The van der Waals surface area contributed by atoms with Gasteiger partial charge < -0.3 is 47.3 Å². The van der Waals surface area contributed by atoms with Gasteiger partial charge in [-0.3, -0.25) is 0 Å². The standard InChI is InChI=1S/2C32H18N8.2Co.2Fe.5O/c2*1-2-10-18-17(9-1)25-33-26(18)38-28-21-13-5-6-14-22(21)30(35-28)40-32-24-16-8-7-15-23(24)31(36-32)39-29-20-12-4-3-11-19(20)27(34-29)37-25;;;;;;;;;/h2*1-16H,(H2,33,34,35,36,37,38,39,40);;;;;;;;;/q;;2*+2;2*+3;5*-2. The van der Waals surface area contributed by atoms with Gasteiger partial charge in [0.2, 0.25) is 0 Å². The third kappa shape index (κ3) is 10.7. The molecule has 0 fully saturated rings. The molecule has 0 saturated carbocycles. The minimum Gasteiger partial charge on any atom is -2.00 e. The van der Waals surface area contributed by atoms with E-state index in [0.29, 0.717) is 91.8 Å². The summed E-state index contributed by atoms with van der Waals surface area (Å²) in [5, 5.41) is 7.64. The number of benzene rings is 8. The van der Waals surface area contributed by atoms with Crippen molar-refractivity contribution in [3.63, 3.8) is 0 Å². The maximum absolute atomic E-state index is 5.02. The molecule has 89 heavy (non-hydrogen) atoms. The molecule has 0 unspecified atom stereocenters. The van der Waals surface area contributed by atoms with E-state index in [9.17, 15) is 0 Å². The number of rotatable bonds is 0. The summed E-state index contributed by atoms with van der Waals surface area (Å²) in [5.41, 5.74) is 12.9. The van der Waals surface area contributed by atoms with E-state index in [4.69, 9.17) is 59.8 Å². The van der Waals surface area contributed by atoms with Crippen molar-refractivity contribution in [2.45, 2.75) is 0 Å². The van der Waals surface area contributed by atoms with Gasteiger partial charge in [-0.15, -0.1) is 0 Å². The predicted molar refractivity (Wildman–Crippen MR) is 316 cm³/mol.